The molecule has 2 aliphatic heterocycles. The van der Waals surface area contributed by atoms with Gasteiger partial charge in [-0.3, -0.25) is 14.5 Å². The van der Waals surface area contributed by atoms with Gasteiger partial charge in [0.1, 0.15) is 0 Å². The van der Waals surface area contributed by atoms with E-state index in [1.165, 1.54) is 19.3 Å². The van der Waals surface area contributed by atoms with Crippen LogP contribution >= 0.6 is 0 Å². The molecule has 1 N–H and O–H groups in total. The minimum absolute atomic E-state index is 0.0236. The van der Waals surface area contributed by atoms with Crippen LogP contribution in [-0.4, -0.2) is 35.8 Å². The fraction of sp³-hybridized carbons (Fsp3) is 0.867. The number of likely N-dealkylation sites (tertiary alicyclic amines) is 1. The summed E-state index contributed by atoms with van der Waals surface area (Å²) in [6, 6.07) is 0.155. The summed E-state index contributed by atoms with van der Waals surface area (Å²) in [6.45, 7) is 1.85. The Balaban J connectivity index is 1.72. The molecule has 0 aromatic heterocycles. The number of nitrogens with zero attached hydrogens (tertiary/aromatic N) is 1. The molecule has 2 saturated heterocycles. The molecule has 19 heavy (non-hydrogen) atoms. The smallest absolute Gasteiger partial charge is 0.229 e. The maximum Gasteiger partial charge on any atom is 0.229 e. The fourth-order valence-corrected chi connectivity index (χ4v) is 4.14. The minimum Gasteiger partial charge on any atom is -0.317 e. The van der Waals surface area contributed by atoms with Crippen molar-refractivity contribution in [1.82, 2.24) is 10.2 Å². The molecule has 0 unspecified atom stereocenters. The van der Waals surface area contributed by atoms with Crippen molar-refractivity contribution in [3.05, 3.63) is 0 Å². The van der Waals surface area contributed by atoms with Gasteiger partial charge in [-0.1, -0.05) is 19.3 Å². The van der Waals surface area contributed by atoms with E-state index in [4.69, 9.17) is 0 Å². The lowest BCUT2D eigenvalue weighted by molar-refractivity contribution is -0.158. The van der Waals surface area contributed by atoms with E-state index in [1.807, 2.05) is 0 Å². The quantitative estimate of drug-likeness (QED) is 0.735. The number of nitrogens with one attached hydrogen (secondary N) is 1. The lowest BCUT2D eigenvalue weighted by Gasteiger charge is -2.45. The minimum atomic E-state index is 0.0236. The summed E-state index contributed by atoms with van der Waals surface area (Å²) in [7, 11) is 0. The molecule has 4 heteroatoms. The van der Waals surface area contributed by atoms with Gasteiger partial charge in [0, 0.05) is 18.9 Å². The van der Waals surface area contributed by atoms with Gasteiger partial charge in [0.05, 0.1) is 0 Å². The molecule has 3 fully saturated rings. The zero-order valence-corrected chi connectivity index (χ0v) is 11.6. The van der Waals surface area contributed by atoms with Crippen LogP contribution in [0.25, 0.3) is 0 Å². The number of hydrogen-bond acceptors (Lipinski definition) is 3. The summed E-state index contributed by atoms with van der Waals surface area (Å²) < 4.78 is 0. The van der Waals surface area contributed by atoms with Gasteiger partial charge < -0.3 is 5.32 Å². The summed E-state index contributed by atoms with van der Waals surface area (Å²) in [5.74, 6) is 0.204. The number of carbonyl (C=O) groups is 2. The third-order valence-electron chi connectivity index (χ3n) is 5.18. The highest BCUT2D eigenvalue weighted by Gasteiger charge is 2.45. The highest BCUT2D eigenvalue weighted by atomic mass is 16.2. The Morgan fingerprint density at radius 1 is 0.947 bits per heavy atom. The predicted molar refractivity (Wildman–Crippen MR) is 72.5 cm³/mol. The largest absolute Gasteiger partial charge is 0.317 e. The van der Waals surface area contributed by atoms with Gasteiger partial charge >= 0.3 is 0 Å². The topological polar surface area (TPSA) is 49.4 Å². The summed E-state index contributed by atoms with van der Waals surface area (Å²) >= 11 is 0. The van der Waals surface area contributed by atoms with Crippen LogP contribution in [0, 0.1) is 5.41 Å². The number of piperidine rings is 2. The first-order valence-electron chi connectivity index (χ1n) is 7.76. The molecule has 4 nitrogen and oxygen atoms in total. The van der Waals surface area contributed by atoms with E-state index in [1.54, 1.807) is 4.90 Å². The van der Waals surface area contributed by atoms with E-state index in [0.717, 1.165) is 38.8 Å². The molecule has 0 bridgehead atoms. The standard InChI is InChI=1S/C15H24N2O2/c18-13-10-15(6-2-1-3-7-15)11-14(19)17(13)12-4-8-16-9-5-12/h12,16H,1-11H2. The first-order valence-corrected chi connectivity index (χ1v) is 7.76. The van der Waals surface area contributed by atoms with Crippen molar-refractivity contribution in [2.45, 2.75) is 63.8 Å². The Labute approximate surface area is 114 Å². The average molecular weight is 264 g/mol. The Kier molecular flexibility index (Phi) is 3.61. The van der Waals surface area contributed by atoms with Crippen molar-refractivity contribution in [3.63, 3.8) is 0 Å². The SMILES string of the molecule is O=C1CC2(CCCCC2)CC(=O)N1C1CCNCC1. The number of hydrogen-bond donors (Lipinski definition) is 1. The molecular formula is C15H24N2O2. The molecule has 0 atom stereocenters. The molecule has 1 aliphatic carbocycles. The van der Waals surface area contributed by atoms with E-state index < -0.39 is 0 Å². The molecule has 2 amide bonds. The maximum absolute atomic E-state index is 12.5. The second-order valence-electron chi connectivity index (χ2n) is 6.55. The summed E-state index contributed by atoms with van der Waals surface area (Å²) in [4.78, 5) is 26.5. The van der Waals surface area contributed by atoms with Crippen LogP contribution in [0.2, 0.25) is 0 Å². The second-order valence-corrected chi connectivity index (χ2v) is 6.55. The Morgan fingerprint density at radius 2 is 1.53 bits per heavy atom. The van der Waals surface area contributed by atoms with E-state index in [0.29, 0.717) is 12.8 Å². The fourth-order valence-electron chi connectivity index (χ4n) is 4.14. The molecule has 1 spiro atoms. The Bertz CT molecular complexity index is 348. The van der Waals surface area contributed by atoms with Gasteiger partial charge in [-0.25, -0.2) is 0 Å². The lowest BCUT2D eigenvalue weighted by atomic mass is 9.67. The molecular weight excluding hydrogens is 240 g/mol. The molecule has 0 aromatic rings. The van der Waals surface area contributed by atoms with E-state index in [2.05, 4.69) is 5.32 Å². The van der Waals surface area contributed by atoms with Crippen LogP contribution in [-0.2, 0) is 9.59 Å². The van der Waals surface area contributed by atoms with Crippen LogP contribution in [0.5, 0.6) is 0 Å². The number of amides is 2. The first-order chi connectivity index (χ1) is 9.20. The molecule has 3 aliphatic rings. The highest BCUT2D eigenvalue weighted by molar-refractivity contribution is 5.99. The molecule has 0 aromatic carbocycles. The van der Waals surface area contributed by atoms with Crippen LogP contribution in [0.4, 0.5) is 0 Å². The summed E-state index contributed by atoms with van der Waals surface area (Å²) in [6.07, 6.45) is 8.86. The van der Waals surface area contributed by atoms with E-state index in [9.17, 15) is 9.59 Å². The van der Waals surface area contributed by atoms with Gasteiger partial charge in [0.25, 0.3) is 0 Å². The van der Waals surface area contributed by atoms with Crippen molar-refractivity contribution in [2.24, 2.45) is 5.41 Å². The monoisotopic (exact) mass is 264 g/mol. The van der Waals surface area contributed by atoms with Crippen LogP contribution in [0.15, 0.2) is 0 Å². The normalized spacial score (nSPS) is 28.9. The lowest BCUT2D eigenvalue weighted by Crippen LogP contribution is -2.55. The van der Waals surface area contributed by atoms with Crippen molar-refractivity contribution in [3.8, 4) is 0 Å². The zero-order chi connectivity index (χ0) is 13.3. The van der Waals surface area contributed by atoms with Crippen molar-refractivity contribution in [1.29, 1.82) is 0 Å². The third-order valence-corrected chi connectivity index (χ3v) is 5.18. The molecule has 106 valence electrons. The predicted octanol–water partition coefficient (Wildman–Crippen LogP) is 1.84. The van der Waals surface area contributed by atoms with E-state index in [-0.39, 0.29) is 23.3 Å². The number of carbonyl (C=O) groups excluding carboxylic acids is 2. The van der Waals surface area contributed by atoms with Crippen molar-refractivity contribution >= 4 is 11.8 Å². The molecule has 2 heterocycles. The molecule has 3 rings (SSSR count). The first kappa shape index (κ1) is 13.1. The van der Waals surface area contributed by atoms with Gasteiger partial charge in [0.2, 0.25) is 11.8 Å². The third kappa shape index (κ3) is 2.55. The van der Waals surface area contributed by atoms with Crippen molar-refractivity contribution < 1.29 is 9.59 Å². The summed E-state index contributed by atoms with van der Waals surface area (Å²) in [5.41, 5.74) is 0.0236. The van der Waals surface area contributed by atoms with Crippen LogP contribution in [0.3, 0.4) is 0 Å². The second kappa shape index (κ2) is 5.23. The van der Waals surface area contributed by atoms with E-state index >= 15 is 0 Å². The number of rotatable bonds is 1. The van der Waals surface area contributed by atoms with Crippen molar-refractivity contribution in [2.75, 3.05) is 13.1 Å². The molecule has 1 saturated carbocycles. The average Bonchev–Trinajstić information content (AvgIpc) is 2.40. The van der Waals surface area contributed by atoms with Gasteiger partial charge in [-0.15, -0.1) is 0 Å². The maximum atomic E-state index is 12.5. The number of imide groups is 1. The highest BCUT2D eigenvalue weighted by Crippen LogP contribution is 2.45. The Morgan fingerprint density at radius 3 is 2.11 bits per heavy atom. The zero-order valence-electron chi connectivity index (χ0n) is 11.6. The van der Waals surface area contributed by atoms with Crippen LogP contribution < -0.4 is 5.32 Å². The van der Waals surface area contributed by atoms with Gasteiger partial charge in [0.15, 0.2) is 0 Å². The van der Waals surface area contributed by atoms with Gasteiger partial charge in [-0.05, 0) is 44.2 Å². The van der Waals surface area contributed by atoms with Crippen LogP contribution in [0.1, 0.15) is 57.8 Å². The summed E-state index contributed by atoms with van der Waals surface area (Å²) in [5, 5.41) is 3.29. The van der Waals surface area contributed by atoms with Gasteiger partial charge in [-0.2, -0.15) is 0 Å². The molecule has 0 radical (unpaired) electrons. The Hall–Kier alpha value is -0.900.